The molecule has 0 saturated heterocycles. The van der Waals surface area contributed by atoms with Gasteiger partial charge < -0.3 is 14.8 Å². The molecule has 1 aromatic carbocycles. The summed E-state index contributed by atoms with van der Waals surface area (Å²) in [5.74, 6) is -0.587. The molecule has 5 nitrogen and oxygen atoms in total. The van der Waals surface area contributed by atoms with Crippen molar-refractivity contribution in [1.29, 1.82) is 0 Å². The van der Waals surface area contributed by atoms with Crippen LogP contribution in [0.2, 0.25) is 10.0 Å². The van der Waals surface area contributed by atoms with Crippen molar-refractivity contribution < 1.29 is 19.1 Å². The lowest BCUT2D eigenvalue weighted by Gasteiger charge is -2.17. The van der Waals surface area contributed by atoms with Gasteiger partial charge in [0.25, 0.3) is 5.91 Å². The van der Waals surface area contributed by atoms with Gasteiger partial charge in [-0.1, -0.05) is 36.0 Å². The molecule has 2 rings (SSSR count). The van der Waals surface area contributed by atoms with E-state index in [0.717, 1.165) is 25.7 Å². The third-order valence-corrected chi connectivity index (χ3v) is 4.15. The average molecular weight is 360 g/mol. The first-order chi connectivity index (χ1) is 11.0. The van der Waals surface area contributed by atoms with Crippen LogP contribution < -0.4 is 10.1 Å². The molecule has 0 bridgehead atoms. The molecule has 1 amide bonds. The van der Waals surface area contributed by atoms with Crippen LogP contribution in [0.5, 0.6) is 5.75 Å². The smallest absolute Gasteiger partial charge is 0.344 e. The minimum atomic E-state index is -0.854. The number of nitrogens with one attached hydrogen (secondary N) is 1. The zero-order valence-electron chi connectivity index (χ0n) is 12.8. The number of benzene rings is 1. The summed E-state index contributed by atoms with van der Waals surface area (Å²) in [6.45, 7) is 1.21. The predicted octanol–water partition coefficient (Wildman–Crippen LogP) is 3.36. The van der Waals surface area contributed by atoms with Crippen molar-refractivity contribution >= 4 is 35.1 Å². The molecule has 1 N–H and O–H groups in total. The average Bonchev–Trinajstić information content (AvgIpc) is 2.99. The maximum atomic E-state index is 11.9. The van der Waals surface area contributed by atoms with Crippen molar-refractivity contribution in [1.82, 2.24) is 5.32 Å². The molecule has 1 fully saturated rings. The van der Waals surface area contributed by atoms with Crippen molar-refractivity contribution in [2.45, 2.75) is 44.8 Å². The number of ether oxygens (including phenoxy) is 2. The summed E-state index contributed by atoms with van der Waals surface area (Å²) in [5.41, 5.74) is 0. The normalized spacial score (nSPS) is 16.0. The Bertz CT molecular complexity index is 573. The largest absolute Gasteiger partial charge is 0.480 e. The van der Waals surface area contributed by atoms with E-state index in [0.29, 0.717) is 15.8 Å². The predicted molar refractivity (Wildman–Crippen MR) is 87.9 cm³/mol. The van der Waals surface area contributed by atoms with E-state index in [2.05, 4.69) is 5.32 Å². The molecule has 0 aliphatic heterocycles. The summed E-state index contributed by atoms with van der Waals surface area (Å²) in [7, 11) is 0. The van der Waals surface area contributed by atoms with Gasteiger partial charge in [-0.15, -0.1) is 0 Å². The van der Waals surface area contributed by atoms with Crippen molar-refractivity contribution in [3.63, 3.8) is 0 Å². The van der Waals surface area contributed by atoms with Crippen LogP contribution in [-0.4, -0.2) is 30.6 Å². The Kier molecular flexibility index (Phi) is 6.54. The molecule has 0 spiro atoms. The summed E-state index contributed by atoms with van der Waals surface area (Å²) in [6.07, 6.45) is 3.34. The summed E-state index contributed by atoms with van der Waals surface area (Å²) >= 11 is 11.7. The molecular formula is C16H19Cl2NO4. The van der Waals surface area contributed by atoms with Gasteiger partial charge in [-0.05, 0) is 38.0 Å². The highest BCUT2D eigenvalue weighted by Crippen LogP contribution is 2.27. The van der Waals surface area contributed by atoms with Crippen LogP contribution >= 0.6 is 23.2 Å². The summed E-state index contributed by atoms with van der Waals surface area (Å²) in [4.78, 5) is 23.7. The first kappa shape index (κ1) is 17.9. The van der Waals surface area contributed by atoms with Gasteiger partial charge >= 0.3 is 5.97 Å². The Morgan fingerprint density at radius 1 is 1.30 bits per heavy atom. The quantitative estimate of drug-likeness (QED) is 0.790. The molecule has 0 aromatic heterocycles. The van der Waals surface area contributed by atoms with E-state index in [-0.39, 0.29) is 18.6 Å². The van der Waals surface area contributed by atoms with Gasteiger partial charge in [0.15, 0.2) is 12.7 Å². The Labute approximate surface area is 145 Å². The maximum absolute atomic E-state index is 11.9. The van der Waals surface area contributed by atoms with Gasteiger partial charge in [0.2, 0.25) is 0 Å². The molecule has 23 heavy (non-hydrogen) atoms. The first-order valence-electron chi connectivity index (χ1n) is 7.53. The number of halogens is 2. The van der Waals surface area contributed by atoms with Gasteiger partial charge in [0, 0.05) is 11.1 Å². The van der Waals surface area contributed by atoms with E-state index < -0.39 is 12.1 Å². The van der Waals surface area contributed by atoms with Gasteiger partial charge in [-0.2, -0.15) is 0 Å². The Hall–Kier alpha value is -1.46. The second kappa shape index (κ2) is 8.41. The van der Waals surface area contributed by atoms with Crippen LogP contribution in [0.1, 0.15) is 32.6 Å². The van der Waals surface area contributed by atoms with E-state index in [4.69, 9.17) is 32.7 Å². The van der Waals surface area contributed by atoms with Crippen molar-refractivity contribution in [3.8, 4) is 5.75 Å². The van der Waals surface area contributed by atoms with Gasteiger partial charge in [0.1, 0.15) is 5.75 Å². The van der Waals surface area contributed by atoms with Crippen LogP contribution in [0.15, 0.2) is 18.2 Å². The molecule has 0 unspecified atom stereocenters. The molecule has 0 heterocycles. The molecule has 1 aromatic rings. The van der Waals surface area contributed by atoms with Crippen LogP contribution in [-0.2, 0) is 14.3 Å². The third kappa shape index (κ3) is 5.59. The molecular weight excluding hydrogens is 341 g/mol. The summed E-state index contributed by atoms with van der Waals surface area (Å²) < 4.78 is 10.3. The van der Waals surface area contributed by atoms with Crippen LogP contribution in [0, 0.1) is 0 Å². The molecule has 1 saturated carbocycles. The summed E-state index contributed by atoms with van der Waals surface area (Å²) in [5, 5.41) is 3.66. The van der Waals surface area contributed by atoms with Crippen LogP contribution in [0.3, 0.4) is 0 Å². The van der Waals surface area contributed by atoms with Crippen molar-refractivity contribution in [3.05, 3.63) is 28.2 Å². The van der Waals surface area contributed by atoms with Gasteiger partial charge in [0.05, 0.1) is 5.02 Å². The number of carbonyl (C=O) groups is 2. The molecule has 1 aliphatic rings. The zero-order chi connectivity index (χ0) is 16.8. The fourth-order valence-electron chi connectivity index (χ4n) is 2.40. The number of hydrogen-bond donors (Lipinski definition) is 1. The van der Waals surface area contributed by atoms with E-state index in [1.54, 1.807) is 12.1 Å². The third-order valence-electron chi connectivity index (χ3n) is 3.62. The van der Waals surface area contributed by atoms with Gasteiger partial charge in [-0.25, -0.2) is 4.79 Å². The summed E-state index contributed by atoms with van der Waals surface area (Å²) in [6, 6.07) is 4.87. The lowest BCUT2D eigenvalue weighted by Crippen LogP contribution is -2.41. The Morgan fingerprint density at radius 2 is 2.00 bits per heavy atom. The maximum Gasteiger partial charge on any atom is 0.344 e. The number of carbonyl (C=O) groups excluding carboxylic acids is 2. The van der Waals surface area contributed by atoms with E-state index in [9.17, 15) is 9.59 Å². The lowest BCUT2D eigenvalue weighted by molar-refractivity contribution is -0.156. The Balaban J connectivity index is 1.75. The topological polar surface area (TPSA) is 64.6 Å². The van der Waals surface area contributed by atoms with Gasteiger partial charge in [-0.3, -0.25) is 4.79 Å². The fourth-order valence-corrected chi connectivity index (χ4v) is 2.87. The second-order valence-corrected chi connectivity index (χ2v) is 6.33. The first-order valence-corrected chi connectivity index (χ1v) is 8.29. The fraction of sp³-hybridized carbons (Fsp3) is 0.500. The Morgan fingerprint density at radius 3 is 2.65 bits per heavy atom. The number of amides is 1. The SMILES string of the molecule is C[C@@H](OC(=O)COc1ccc(Cl)cc1Cl)C(=O)NC1CCCC1. The van der Waals surface area contributed by atoms with Crippen molar-refractivity contribution in [2.75, 3.05) is 6.61 Å². The highest BCUT2D eigenvalue weighted by Gasteiger charge is 2.23. The second-order valence-electron chi connectivity index (χ2n) is 5.49. The van der Waals surface area contributed by atoms with E-state index in [1.807, 2.05) is 0 Å². The monoisotopic (exact) mass is 359 g/mol. The highest BCUT2D eigenvalue weighted by molar-refractivity contribution is 6.35. The number of rotatable bonds is 6. The minimum Gasteiger partial charge on any atom is -0.480 e. The van der Waals surface area contributed by atoms with E-state index >= 15 is 0 Å². The zero-order valence-corrected chi connectivity index (χ0v) is 14.3. The molecule has 126 valence electrons. The minimum absolute atomic E-state index is 0.188. The highest BCUT2D eigenvalue weighted by atomic mass is 35.5. The number of esters is 1. The molecule has 1 aliphatic carbocycles. The molecule has 1 atom stereocenters. The lowest BCUT2D eigenvalue weighted by atomic mass is 10.2. The molecule has 0 radical (unpaired) electrons. The molecule has 7 heteroatoms. The van der Waals surface area contributed by atoms with E-state index in [1.165, 1.54) is 13.0 Å². The number of hydrogen-bond acceptors (Lipinski definition) is 4. The van der Waals surface area contributed by atoms with Crippen molar-refractivity contribution in [2.24, 2.45) is 0 Å². The van der Waals surface area contributed by atoms with Crippen LogP contribution in [0.4, 0.5) is 0 Å². The van der Waals surface area contributed by atoms with Crippen LogP contribution in [0.25, 0.3) is 0 Å². The standard InChI is InChI=1S/C16H19Cl2NO4/c1-10(16(21)19-12-4-2-3-5-12)23-15(20)9-22-14-7-6-11(17)8-13(14)18/h6-8,10,12H,2-5,9H2,1H3,(H,19,21)/t10-/m1/s1.